The van der Waals surface area contributed by atoms with E-state index in [2.05, 4.69) is 41.3 Å². The molecule has 0 saturated heterocycles. The monoisotopic (exact) mass is 427 g/mol. The summed E-state index contributed by atoms with van der Waals surface area (Å²) in [5.41, 5.74) is 5.77. The first-order valence-electron chi connectivity index (χ1n) is 9.75. The molecular formula is C25H17NO2S2. The normalized spacial score (nSPS) is 15.5. The van der Waals surface area contributed by atoms with E-state index in [1.165, 1.54) is 22.9 Å². The predicted octanol–water partition coefficient (Wildman–Crippen LogP) is 6.36. The topological polar surface area (TPSA) is 37.4 Å². The van der Waals surface area contributed by atoms with Crippen molar-refractivity contribution in [1.29, 1.82) is 0 Å². The van der Waals surface area contributed by atoms with Gasteiger partial charge in [-0.2, -0.15) is 0 Å². The highest BCUT2D eigenvalue weighted by Gasteiger charge is 2.31. The van der Waals surface area contributed by atoms with Crippen LogP contribution in [0.4, 0.5) is 17.1 Å². The molecule has 5 heteroatoms. The number of hydrogen-bond donors (Lipinski definition) is 0. The van der Waals surface area contributed by atoms with E-state index in [-0.39, 0.29) is 0 Å². The fourth-order valence-corrected chi connectivity index (χ4v) is 7.51. The molecule has 3 nitrogen and oxygen atoms in total. The van der Waals surface area contributed by atoms with Crippen LogP contribution in [-0.2, 0) is 16.3 Å². The van der Waals surface area contributed by atoms with Gasteiger partial charge in [0.2, 0.25) is 9.84 Å². The third-order valence-corrected chi connectivity index (χ3v) is 8.94. The molecule has 0 saturated carbocycles. The zero-order valence-electron chi connectivity index (χ0n) is 15.9. The van der Waals surface area contributed by atoms with Crippen LogP contribution in [0.1, 0.15) is 11.1 Å². The smallest absolute Gasteiger partial charge is 0.208 e. The Hall–Kier alpha value is -3.02. The zero-order valence-corrected chi connectivity index (χ0v) is 17.6. The summed E-state index contributed by atoms with van der Waals surface area (Å²) in [4.78, 5) is 4.56. The standard InChI is InChI=1S/C25H17NO2S2/c27-30(28)24-12-6-5-11-22(24)29-23-16-19(13-14-25(23)30)26-20-9-3-1-7-17(20)15-18-8-2-4-10-21(18)26/h1-14,16H,15H2. The van der Waals surface area contributed by atoms with E-state index < -0.39 is 9.84 Å². The molecule has 2 aliphatic heterocycles. The second-order valence-corrected chi connectivity index (χ2v) is 10.4. The Kier molecular flexibility index (Phi) is 3.85. The summed E-state index contributed by atoms with van der Waals surface area (Å²) >= 11 is 1.52. The van der Waals surface area contributed by atoms with Crippen LogP contribution in [0.2, 0.25) is 0 Å². The molecule has 4 aromatic carbocycles. The van der Waals surface area contributed by atoms with E-state index in [4.69, 9.17) is 0 Å². The highest BCUT2D eigenvalue weighted by atomic mass is 32.2. The quantitative estimate of drug-likeness (QED) is 0.306. The summed E-state index contributed by atoms with van der Waals surface area (Å²) in [6, 6.07) is 29.7. The fourth-order valence-electron chi connectivity index (χ4n) is 4.30. The van der Waals surface area contributed by atoms with Gasteiger partial charge in [-0.3, -0.25) is 0 Å². The van der Waals surface area contributed by atoms with E-state index in [9.17, 15) is 8.42 Å². The van der Waals surface area contributed by atoms with E-state index in [1.807, 2.05) is 36.4 Å². The summed E-state index contributed by atoms with van der Waals surface area (Å²) in [5, 5.41) is 0. The number of fused-ring (bicyclic) bond motifs is 4. The largest absolute Gasteiger partial charge is 0.310 e. The van der Waals surface area contributed by atoms with Crippen LogP contribution in [0, 0.1) is 0 Å². The van der Waals surface area contributed by atoms with Crippen LogP contribution in [-0.4, -0.2) is 8.42 Å². The molecule has 0 spiro atoms. The molecular weight excluding hydrogens is 410 g/mol. The number of sulfone groups is 1. The molecule has 0 N–H and O–H groups in total. The van der Waals surface area contributed by atoms with Crippen molar-refractivity contribution < 1.29 is 8.42 Å². The predicted molar refractivity (Wildman–Crippen MR) is 120 cm³/mol. The number of hydrogen-bond acceptors (Lipinski definition) is 4. The molecule has 0 amide bonds. The first-order valence-corrected chi connectivity index (χ1v) is 12.0. The highest BCUT2D eigenvalue weighted by molar-refractivity contribution is 8.02. The van der Waals surface area contributed by atoms with Crippen LogP contribution in [0.25, 0.3) is 0 Å². The first kappa shape index (κ1) is 17.8. The molecule has 30 heavy (non-hydrogen) atoms. The highest BCUT2D eigenvalue weighted by Crippen LogP contribution is 2.49. The fraction of sp³-hybridized carbons (Fsp3) is 0.0400. The van der Waals surface area contributed by atoms with Gasteiger partial charge in [-0.15, -0.1) is 0 Å². The van der Waals surface area contributed by atoms with Crippen molar-refractivity contribution in [2.45, 2.75) is 26.0 Å². The third kappa shape index (κ3) is 2.56. The number of rotatable bonds is 1. The van der Waals surface area contributed by atoms with Gasteiger partial charge in [0.25, 0.3) is 0 Å². The minimum Gasteiger partial charge on any atom is -0.310 e. The zero-order chi connectivity index (χ0) is 20.3. The van der Waals surface area contributed by atoms with Crippen molar-refractivity contribution in [3.63, 3.8) is 0 Å². The molecule has 0 unspecified atom stereocenters. The van der Waals surface area contributed by atoms with Crippen LogP contribution in [0.15, 0.2) is 111 Å². The van der Waals surface area contributed by atoms with Crippen molar-refractivity contribution in [2.75, 3.05) is 4.90 Å². The second-order valence-electron chi connectivity index (χ2n) is 7.45. The minimum atomic E-state index is -3.51. The molecule has 6 rings (SSSR count). The summed E-state index contributed by atoms with van der Waals surface area (Å²) in [5.74, 6) is 0. The number of anilines is 3. The molecule has 0 aliphatic carbocycles. The summed E-state index contributed by atoms with van der Waals surface area (Å²) in [6.45, 7) is 0. The van der Waals surface area contributed by atoms with Crippen molar-refractivity contribution in [3.8, 4) is 0 Å². The van der Waals surface area contributed by atoms with Gasteiger partial charge < -0.3 is 4.90 Å². The summed E-state index contributed by atoms with van der Waals surface area (Å²) in [7, 11) is -3.51. The second kappa shape index (κ2) is 6.49. The van der Waals surface area contributed by atoms with Gasteiger partial charge in [0.15, 0.2) is 0 Å². The van der Waals surface area contributed by atoms with Gasteiger partial charge in [-0.05, 0) is 53.6 Å². The van der Waals surface area contributed by atoms with Crippen LogP contribution < -0.4 is 4.90 Å². The Bertz CT molecular complexity index is 1380. The molecule has 0 bridgehead atoms. The Morgan fingerprint density at radius 1 is 0.667 bits per heavy atom. The van der Waals surface area contributed by atoms with Crippen molar-refractivity contribution in [3.05, 3.63) is 102 Å². The van der Waals surface area contributed by atoms with Gasteiger partial charge in [-0.1, -0.05) is 60.3 Å². The van der Waals surface area contributed by atoms with E-state index in [0.29, 0.717) is 9.79 Å². The van der Waals surface area contributed by atoms with Crippen LogP contribution in [0.5, 0.6) is 0 Å². The lowest BCUT2D eigenvalue weighted by Gasteiger charge is -2.34. The maximum atomic E-state index is 13.2. The van der Waals surface area contributed by atoms with Crippen LogP contribution in [0.3, 0.4) is 0 Å². The molecule has 2 aliphatic rings. The molecule has 146 valence electrons. The first-order chi connectivity index (χ1) is 14.6. The maximum absolute atomic E-state index is 13.2. The number of para-hydroxylation sites is 2. The number of benzene rings is 4. The van der Waals surface area contributed by atoms with Crippen molar-refractivity contribution in [2.24, 2.45) is 0 Å². The average Bonchev–Trinajstić information content (AvgIpc) is 2.77. The molecule has 0 aromatic heterocycles. The average molecular weight is 428 g/mol. The molecule has 2 heterocycles. The van der Waals surface area contributed by atoms with Gasteiger partial charge in [0.05, 0.1) is 9.79 Å². The van der Waals surface area contributed by atoms with Gasteiger partial charge in [-0.25, -0.2) is 8.42 Å². The Morgan fingerprint density at radius 2 is 1.27 bits per heavy atom. The minimum absolute atomic E-state index is 0.383. The van der Waals surface area contributed by atoms with Crippen molar-refractivity contribution >= 4 is 38.7 Å². The van der Waals surface area contributed by atoms with E-state index >= 15 is 0 Å². The molecule has 0 atom stereocenters. The maximum Gasteiger partial charge on any atom is 0.208 e. The SMILES string of the molecule is O=S1(=O)c2ccccc2Sc2cc(N3c4ccccc4Cc4ccccc43)ccc21. The van der Waals surface area contributed by atoms with Gasteiger partial charge in [0, 0.05) is 33.3 Å². The summed E-state index contributed by atoms with van der Waals surface area (Å²) < 4.78 is 26.3. The molecule has 0 radical (unpaired) electrons. The third-order valence-electron chi connectivity index (χ3n) is 5.68. The van der Waals surface area contributed by atoms with Gasteiger partial charge >= 0.3 is 0 Å². The van der Waals surface area contributed by atoms with E-state index in [1.54, 1.807) is 18.2 Å². The Labute approximate surface area is 179 Å². The summed E-state index contributed by atoms with van der Waals surface area (Å²) in [6.07, 6.45) is 0.893. The van der Waals surface area contributed by atoms with E-state index in [0.717, 1.165) is 33.3 Å². The Morgan fingerprint density at radius 3 is 2.00 bits per heavy atom. The lowest BCUT2D eigenvalue weighted by Crippen LogP contribution is -2.19. The van der Waals surface area contributed by atoms with Crippen LogP contribution >= 0.6 is 11.8 Å². The number of nitrogens with zero attached hydrogens (tertiary/aromatic N) is 1. The molecule has 0 fully saturated rings. The van der Waals surface area contributed by atoms with Gasteiger partial charge in [0.1, 0.15) is 0 Å². The lowest BCUT2D eigenvalue weighted by molar-refractivity contribution is 0.591. The lowest BCUT2D eigenvalue weighted by atomic mass is 9.95. The Balaban J connectivity index is 1.55. The molecule has 4 aromatic rings. The van der Waals surface area contributed by atoms with Crippen molar-refractivity contribution in [1.82, 2.24) is 0 Å².